The van der Waals surface area contributed by atoms with E-state index in [1.807, 2.05) is 23.7 Å². The number of ether oxygens (including phenoxy) is 1. The Kier molecular flexibility index (Phi) is 8.06. The number of nitrogen functional groups attached to an aromatic ring is 1. The van der Waals surface area contributed by atoms with Gasteiger partial charge >= 0.3 is 5.97 Å². The van der Waals surface area contributed by atoms with Crippen LogP contribution in [0.1, 0.15) is 43.6 Å². The van der Waals surface area contributed by atoms with Crippen LogP contribution in [0.3, 0.4) is 0 Å². The van der Waals surface area contributed by atoms with Crippen LogP contribution in [0.2, 0.25) is 0 Å². The van der Waals surface area contributed by atoms with Crippen molar-refractivity contribution in [3.05, 3.63) is 59.4 Å². The summed E-state index contributed by atoms with van der Waals surface area (Å²) in [6.45, 7) is 4.36. The van der Waals surface area contributed by atoms with Crippen molar-refractivity contribution in [3.63, 3.8) is 0 Å². The monoisotopic (exact) mass is 485 g/mol. The first-order chi connectivity index (χ1) is 16.2. The summed E-state index contributed by atoms with van der Waals surface area (Å²) in [5.41, 5.74) is 8.62. The lowest BCUT2D eigenvalue weighted by molar-refractivity contribution is -0.143. The van der Waals surface area contributed by atoms with Gasteiger partial charge in [0.25, 0.3) is 0 Å². The third-order valence-corrected chi connectivity index (χ3v) is 7.63. The molecule has 1 heterocycles. The minimum Gasteiger partial charge on any atom is -0.466 e. The van der Waals surface area contributed by atoms with Crippen molar-refractivity contribution in [2.45, 2.75) is 38.0 Å². The number of nitrogens with two attached hydrogens (primary N) is 1. The largest absolute Gasteiger partial charge is 0.466 e. The molecule has 182 valence electrons. The highest BCUT2D eigenvalue weighted by Gasteiger charge is 2.24. The second kappa shape index (κ2) is 10.8. The number of nitrogens with one attached hydrogen (secondary N) is 1. The number of nitrogens with zero attached hydrogens (tertiary/aromatic N) is 3. The van der Waals surface area contributed by atoms with Crippen LogP contribution in [-0.2, 0) is 33.0 Å². The van der Waals surface area contributed by atoms with Gasteiger partial charge in [-0.3, -0.25) is 10.2 Å². The highest BCUT2D eigenvalue weighted by molar-refractivity contribution is 7.89. The number of esters is 1. The van der Waals surface area contributed by atoms with Gasteiger partial charge in [-0.05, 0) is 37.1 Å². The van der Waals surface area contributed by atoms with Crippen molar-refractivity contribution in [1.82, 2.24) is 13.9 Å². The number of hydrogen-bond donors (Lipinski definition) is 2. The Hall–Kier alpha value is -3.24. The zero-order chi connectivity index (χ0) is 24.9. The van der Waals surface area contributed by atoms with E-state index in [1.165, 1.54) is 4.31 Å². The van der Waals surface area contributed by atoms with Crippen molar-refractivity contribution in [1.29, 1.82) is 5.41 Å². The number of carbonyl (C=O) groups excluding carboxylic acids is 1. The van der Waals surface area contributed by atoms with E-state index in [0.717, 1.165) is 16.9 Å². The van der Waals surface area contributed by atoms with Gasteiger partial charge in [0.2, 0.25) is 10.0 Å². The van der Waals surface area contributed by atoms with E-state index in [9.17, 15) is 13.2 Å². The summed E-state index contributed by atoms with van der Waals surface area (Å²) >= 11 is 0. The first-order valence-electron chi connectivity index (χ1n) is 11.2. The van der Waals surface area contributed by atoms with Crippen LogP contribution in [0.25, 0.3) is 11.0 Å². The number of fused-ring (bicyclic) bond motifs is 1. The molecule has 34 heavy (non-hydrogen) atoms. The number of aromatic nitrogens is 2. The number of sulfonamides is 1. The van der Waals surface area contributed by atoms with Gasteiger partial charge in [-0.1, -0.05) is 31.2 Å². The fourth-order valence-corrected chi connectivity index (χ4v) is 5.27. The van der Waals surface area contributed by atoms with Gasteiger partial charge in [0.1, 0.15) is 11.7 Å². The zero-order valence-electron chi connectivity index (χ0n) is 19.7. The van der Waals surface area contributed by atoms with Gasteiger partial charge in [0, 0.05) is 38.5 Å². The van der Waals surface area contributed by atoms with Crippen molar-refractivity contribution >= 4 is 32.9 Å². The molecule has 0 fully saturated rings. The maximum Gasteiger partial charge on any atom is 0.305 e. The number of aryl methyl sites for hydroxylation is 1. The smallest absolute Gasteiger partial charge is 0.305 e. The molecule has 10 heteroatoms. The van der Waals surface area contributed by atoms with E-state index in [2.05, 4.69) is 4.98 Å². The molecule has 3 aromatic rings. The molecule has 0 radical (unpaired) electrons. The molecule has 0 aliphatic rings. The first-order valence-corrected chi connectivity index (χ1v) is 12.7. The second-order valence-corrected chi connectivity index (χ2v) is 9.87. The molecule has 1 aromatic heterocycles. The van der Waals surface area contributed by atoms with Crippen molar-refractivity contribution in [2.75, 3.05) is 19.7 Å². The predicted molar refractivity (Wildman–Crippen MR) is 131 cm³/mol. The van der Waals surface area contributed by atoms with Crippen LogP contribution in [0.5, 0.6) is 0 Å². The van der Waals surface area contributed by atoms with Gasteiger partial charge in [0.05, 0.1) is 22.5 Å². The minimum atomic E-state index is -3.73. The van der Waals surface area contributed by atoms with Gasteiger partial charge in [-0.25, -0.2) is 13.4 Å². The molecular weight excluding hydrogens is 454 g/mol. The molecule has 0 saturated heterocycles. The van der Waals surface area contributed by atoms with E-state index in [1.54, 1.807) is 44.2 Å². The fourth-order valence-electron chi connectivity index (χ4n) is 3.76. The summed E-state index contributed by atoms with van der Waals surface area (Å²) in [5.74, 6) is 0.487. The second-order valence-electron chi connectivity index (χ2n) is 7.93. The minimum absolute atomic E-state index is 0.0186. The molecule has 2 aromatic carbocycles. The van der Waals surface area contributed by atoms with Crippen molar-refractivity contribution < 1.29 is 17.9 Å². The Morgan fingerprint density at radius 2 is 1.88 bits per heavy atom. The number of imidazole rings is 1. The lowest BCUT2D eigenvalue weighted by Gasteiger charge is -2.20. The number of carbonyl (C=O) groups is 1. The van der Waals surface area contributed by atoms with E-state index >= 15 is 0 Å². The Balaban J connectivity index is 1.80. The molecule has 0 aliphatic heterocycles. The highest BCUT2D eigenvalue weighted by atomic mass is 32.2. The molecule has 0 bridgehead atoms. The third-order valence-electron chi connectivity index (χ3n) is 5.66. The molecule has 3 rings (SSSR count). The van der Waals surface area contributed by atoms with E-state index in [-0.39, 0.29) is 29.7 Å². The van der Waals surface area contributed by atoms with Crippen LogP contribution in [0.4, 0.5) is 0 Å². The summed E-state index contributed by atoms with van der Waals surface area (Å²) in [6, 6.07) is 12.4. The van der Waals surface area contributed by atoms with E-state index < -0.39 is 10.0 Å². The lowest BCUT2D eigenvalue weighted by atomic mass is 10.1. The molecule has 0 aliphatic carbocycles. The average molecular weight is 486 g/mol. The maximum absolute atomic E-state index is 13.2. The Labute approximate surface area is 200 Å². The molecule has 0 saturated carbocycles. The molecular formula is C24H31N5O4S. The molecule has 0 amide bonds. The number of hydrogen-bond acceptors (Lipinski definition) is 6. The van der Waals surface area contributed by atoms with Gasteiger partial charge < -0.3 is 15.0 Å². The molecule has 0 spiro atoms. The van der Waals surface area contributed by atoms with Gasteiger partial charge in [-0.15, -0.1) is 0 Å². The number of rotatable bonds is 11. The van der Waals surface area contributed by atoms with Crippen molar-refractivity contribution in [3.8, 4) is 0 Å². The van der Waals surface area contributed by atoms with Gasteiger partial charge in [-0.2, -0.15) is 4.31 Å². The Morgan fingerprint density at radius 3 is 2.50 bits per heavy atom. The summed E-state index contributed by atoms with van der Waals surface area (Å²) in [4.78, 5) is 16.4. The highest BCUT2D eigenvalue weighted by Crippen LogP contribution is 2.24. The van der Waals surface area contributed by atoms with Crippen LogP contribution in [-0.4, -0.2) is 53.8 Å². The van der Waals surface area contributed by atoms with Crippen LogP contribution in [0, 0.1) is 5.41 Å². The molecule has 9 nitrogen and oxygen atoms in total. The standard InChI is InChI=1S/C24H31N5O4S/c1-4-29(14-6-7-23(30)33-5-2)34(31,32)19-12-13-21-20(16-19)27-22(28(21)3)15-17-8-10-18(11-9-17)24(25)26/h8-13,16H,4-7,14-15H2,1-3H3,(H3,25,26). The normalized spacial score (nSPS) is 11.8. The van der Waals surface area contributed by atoms with Crippen LogP contribution in [0.15, 0.2) is 47.4 Å². The first kappa shape index (κ1) is 25.4. The fraction of sp³-hybridized carbons (Fsp3) is 0.375. The van der Waals surface area contributed by atoms with E-state index in [0.29, 0.717) is 37.1 Å². The number of benzene rings is 2. The lowest BCUT2D eigenvalue weighted by Crippen LogP contribution is -2.32. The summed E-state index contributed by atoms with van der Waals surface area (Å²) in [5, 5.41) is 7.51. The summed E-state index contributed by atoms with van der Waals surface area (Å²) < 4.78 is 34.7. The number of amidine groups is 1. The summed E-state index contributed by atoms with van der Waals surface area (Å²) in [7, 11) is -1.83. The maximum atomic E-state index is 13.2. The zero-order valence-corrected chi connectivity index (χ0v) is 20.6. The Bertz CT molecular complexity index is 1280. The molecule has 3 N–H and O–H groups in total. The molecule has 0 atom stereocenters. The van der Waals surface area contributed by atoms with Crippen LogP contribution >= 0.6 is 0 Å². The van der Waals surface area contributed by atoms with Crippen LogP contribution < -0.4 is 5.73 Å². The SMILES string of the molecule is CCOC(=O)CCCN(CC)S(=O)(=O)c1ccc2c(c1)nc(Cc1ccc(C(=N)N)cc1)n2C. The topological polar surface area (TPSA) is 131 Å². The van der Waals surface area contributed by atoms with Crippen molar-refractivity contribution in [2.24, 2.45) is 12.8 Å². The van der Waals surface area contributed by atoms with Gasteiger partial charge in [0.15, 0.2) is 0 Å². The molecule has 0 unspecified atom stereocenters. The Morgan fingerprint density at radius 1 is 1.18 bits per heavy atom. The van der Waals surface area contributed by atoms with E-state index in [4.69, 9.17) is 15.9 Å². The predicted octanol–water partition coefficient (Wildman–Crippen LogP) is 2.80. The quantitative estimate of drug-likeness (QED) is 0.244. The summed E-state index contributed by atoms with van der Waals surface area (Å²) in [6.07, 6.45) is 1.13. The average Bonchev–Trinajstić information content (AvgIpc) is 3.11. The third kappa shape index (κ3) is 5.63.